The highest BCUT2D eigenvalue weighted by Crippen LogP contribution is 2.25. The second kappa shape index (κ2) is 6.93. The van der Waals surface area contributed by atoms with Gasteiger partial charge in [-0.2, -0.15) is 5.10 Å². The van der Waals surface area contributed by atoms with Crippen LogP contribution in [0.3, 0.4) is 0 Å². The number of amides is 1. The van der Waals surface area contributed by atoms with Gasteiger partial charge in [0.05, 0.1) is 17.0 Å². The highest BCUT2D eigenvalue weighted by Gasteiger charge is 2.20. The lowest BCUT2D eigenvalue weighted by Crippen LogP contribution is -2.33. The molecular formula is C18H18ClN3O2. The zero-order chi connectivity index (χ0) is 17.1. The van der Waals surface area contributed by atoms with Crippen molar-refractivity contribution in [3.05, 3.63) is 59.4 Å². The van der Waals surface area contributed by atoms with Crippen molar-refractivity contribution in [2.24, 2.45) is 0 Å². The normalized spacial score (nSPS) is 12.1. The van der Waals surface area contributed by atoms with E-state index in [0.717, 1.165) is 6.42 Å². The van der Waals surface area contributed by atoms with Crippen molar-refractivity contribution in [3.63, 3.8) is 0 Å². The predicted molar refractivity (Wildman–Crippen MR) is 93.5 cm³/mol. The summed E-state index contributed by atoms with van der Waals surface area (Å²) in [4.78, 5) is 12.7. The summed E-state index contributed by atoms with van der Waals surface area (Å²) in [6.07, 6.45) is 2.42. The van der Waals surface area contributed by atoms with Crippen LogP contribution in [-0.2, 0) is 0 Å². The first-order valence-corrected chi connectivity index (χ1v) is 8.17. The summed E-state index contributed by atoms with van der Waals surface area (Å²) in [7, 11) is 0. The van der Waals surface area contributed by atoms with Crippen LogP contribution in [0.5, 0.6) is 0 Å². The number of para-hydroxylation sites is 1. The van der Waals surface area contributed by atoms with E-state index in [9.17, 15) is 4.79 Å². The molecule has 0 radical (unpaired) electrons. The third-order valence-corrected chi connectivity index (χ3v) is 4.11. The number of nitrogens with zero attached hydrogens (tertiary/aromatic N) is 2. The first-order chi connectivity index (χ1) is 11.6. The molecule has 0 aliphatic rings. The number of hydrogen-bond donors (Lipinski definition) is 1. The van der Waals surface area contributed by atoms with Gasteiger partial charge in [-0.1, -0.05) is 30.7 Å². The predicted octanol–water partition coefficient (Wildman–Crippen LogP) is 4.31. The van der Waals surface area contributed by atoms with E-state index in [1.807, 2.05) is 32.0 Å². The molecular weight excluding hydrogens is 326 g/mol. The van der Waals surface area contributed by atoms with Crippen LogP contribution in [0.25, 0.3) is 17.1 Å². The molecule has 1 unspecified atom stereocenters. The summed E-state index contributed by atoms with van der Waals surface area (Å²) in [5.41, 5.74) is 1.63. The number of hydrogen-bond acceptors (Lipinski definition) is 3. The van der Waals surface area contributed by atoms with Crippen molar-refractivity contribution >= 4 is 17.5 Å². The van der Waals surface area contributed by atoms with Crippen molar-refractivity contribution in [3.8, 4) is 17.1 Å². The lowest BCUT2D eigenvalue weighted by Gasteiger charge is -2.13. The fourth-order valence-electron chi connectivity index (χ4n) is 2.29. The van der Waals surface area contributed by atoms with E-state index in [-0.39, 0.29) is 11.9 Å². The Hall–Kier alpha value is -2.53. The number of carbonyl (C=O) groups excluding carboxylic acids is 1. The molecule has 0 aliphatic heterocycles. The smallest absolute Gasteiger partial charge is 0.270 e. The van der Waals surface area contributed by atoms with E-state index in [1.54, 1.807) is 35.2 Å². The molecule has 3 rings (SSSR count). The highest BCUT2D eigenvalue weighted by atomic mass is 35.5. The molecule has 124 valence electrons. The van der Waals surface area contributed by atoms with Gasteiger partial charge in [0, 0.05) is 12.1 Å². The number of furan rings is 1. The maximum Gasteiger partial charge on any atom is 0.270 e. The second-order valence-corrected chi connectivity index (χ2v) is 5.95. The summed E-state index contributed by atoms with van der Waals surface area (Å²) in [6.45, 7) is 3.98. The Kier molecular flexibility index (Phi) is 4.71. The lowest BCUT2D eigenvalue weighted by atomic mass is 10.2. The van der Waals surface area contributed by atoms with Gasteiger partial charge in [-0.15, -0.1) is 0 Å². The molecule has 0 saturated heterocycles. The van der Waals surface area contributed by atoms with E-state index >= 15 is 0 Å². The van der Waals surface area contributed by atoms with Gasteiger partial charge in [0.25, 0.3) is 5.91 Å². The Morgan fingerprint density at radius 3 is 2.79 bits per heavy atom. The van der Waals surface area contributed by atoms with Crippen LogP contribution in [0.2, 0.25) is 5.02 Å². The third-order valence-electron chi connectivity index (χ3n) is 3.79. The van der Waals surface area contributed by atoms with Crippen molar-refractivity contribution in [1.29, 1.82) is 0 Å². The summed E-state index contributed by atoms with van der Waals surface area (Å²) >= 11 is 6.29. The Labute approximate surface area is 145 Å². The quantitative estimate of drug-likeness (QED) is 0.750. The van der Waals surface area contributed by atoms with Crippen LogP contribution < -0.4 is 5.32 Å². The maximum absolute atomic E-state index is 12.7. The second-order valence-electron chi connectivity index (χ2n) is 5.54. The minimum atomic E-state index is -0.199. The van der Waals surface area contributed by atoms with Crippen molar-refractivity contribution < 1.29 is 9.21 Å². The largest absolute Gasteiger partial charge is 0.463 e. The van der Waals surface area contributed by atoms with Crippen LogP contribution >= 0.6 is 11.6 Å². The molecule has 0 spiro atoms. The van der Waals surface area contributed by atoms with Gasteiger partial charge in [0.2, 0.25) is 0 Å². The average Bonchev–Trinajstić information content (AvgIpc) is 3.24. The number of nitrogens with one attached hydrogen (secondary N) is 1. The topological polar surface area (TPSA) is 60.1 Å². The number of halogens is 1. The standard InChI is InChI=1S/C18H18ClN3O2/c1-3-12(2)20-18(23)16-11-14(17-9-6-10-24-17)21-22(16)15-8-5-4-7-13(15)19/h4-12H,3H2,1-2H3,(H,20,23). The minimum absolute atomic E-state index is 0.0687. The Morgan fingerprint density at radius 2 is 2.12 bits per heavy atom. The monoisotopic (exact) mass is 343 g/mol. The van der Waals surface area contributed by atoms with Gasteiger partial charge in [-0.05, 0) is 37.6 Å². The highest BCUT2D eigenvalue weighted by molar-refractivity contribution is 6.32. The molecule has 1 aromatic carbocycles. The lowest BCUT2D eigenvalue weighted by molar-refractivity contribution is 0.0931. The average molecular weight is 344 g/mol. The number of carbonyl (C=O) groups is 1. The van der Waals surface area contributed by atoms with Gasteiger partial charge in [-0.25, -0.2) is 4.68 Å². The number of aromatic nitrogens is 2. The van der Waals surface area contributed by atoms with Crippen molar-refractivity contribution in [2.45, 2.75) is 26.3 Å². The van der Waals surface area contributed by atoms with Crippen LogP contribution in [0.1, 0.15) is 30.8 Å². The molecule has 6 heteroatoms. The van der Waals surface area contributed by atoms with E-state index in [2.05, 4.69) is 10.4 Å². The first-order valence-electron chi connectivity index (χ1n) is 7.80. The Balaban J connectivity index is 2.09. The molecule has 1 N–H and O–H groups in total. The van der Waals surface area contributed by atoms with Crippen molar-refractivity contribution in [1.82, 2.24) is 15.1 Å². The van der Waals surface area contributed by atoms with Crippen LogP contribution in [0.15, 0.2) is 53.1 Å². The van der Waals surface area contributed by atoms with Crippen molar-refractivity contribution in [2.75, 3.05) is 0 Å². The molecule has 5 nitrogen and oxygen atoms in total. The fourth-order valence-corrected chi connectivity index (χ4v) is 2.51. The van der Waals surface area contributed by atoms with Crippen LogP contribution in [-0.4, -0.2) is 21.7 Å². The Bertz CT molecular complexity index is 840. The summed E-state index contributed by atoms with van der Waals surface area (Å²) in [5, 5.41) is 7.99. The number of rotatable bonds is 5. The molecule has 2 heterocycles. The van der Waals surface area contributed by atoms with E-state index in [4.69, 9.17) is 16.0 Å². The van der Waals surface area contributed by atoms with Gasteiger partial charge >= 0.3 is 0 Å². The molecule has 0 aliphatic carbocycles. The van der Waals surface area contributed by atoms with E-state index in [0.29, 0.717) is 27.9 Å². The molecule has 1 amide bonds. The summed E-state index contributed by atoms with van der Waals surface area (Å²) < 4.78 is 6.95. The van der Waals surface area contributed by atoms with E-state index in [1.165, 1.54) is 0 Å². The zero-order valence-electron chi connectivity index (χ0n) is 13.5. The fraction of sp³-hybridized carbons (Fsp3) is 0.222. The first kappa shape index (κ1) is 16.3. The molecule has 0 saturated carbocycles. The molecule has 3 aromatic rings. The number of benzene rings is 1. The zero-order valence-corrected chi connectivity index (χ0v) is 14.2. The molecule has 0 fully saturated rings. The summed E-state index contributed by atoms with van der Waals surface area (Å²) in [6, 6.07) is 12.6. The van der Waals surface area contributed by atoms with Crippen LogP contribution in [0.4, 0.5) is 0 Å². The van der Waals surface area contributed by atoms with Gasteiger partial charge in [0.15, 0.2) is 5.76 Å². The van der Waals surface area contributed by atoms with Gasteiger partial charge in [0.1, 0.15) is 11.4 Å². The van der Waals surface area contributed by atoms with Gasteiger partial charge < -0.3 is 9.73 Å². The molecule has 2 aromatic heterocycles. The SMILES string of the molecule is CCC(C)NC(=O)c1cc(-c2ccco2)nn1-c1ccccc1Cl. The molecule has 1 atom stereocenters. The molecule has 0 bridgehead atoms. The summed E-state index contributed by atoms with van der Waals surface area (Å²) in [5.74, 6) is 0.396. The van der Waals surface area contributed by atoms with Gasteiger partial charge in [-0.3, -0.25) is 4.79 Å². The van der Waals surface area contributed by atoms with Crippen LogP contribution in [0, 0.1) is 0 Å². The molecule has 24 heavy (non-hydrogen) atoms. The minimum Gasteiger partial charge on any atom is -0.463 e. The third kappa shape index (κ3) is 3.21. The Morgan fingerprint density at radius 1 is 1.33 bits per heavy atom. The van der Waals surface area contributed by atoms with E-state index < -0.39 is 0 Å². The maximum atomic E-state index is 12.7.